The second kappa shape index (κ2) is 6.92. The average Bonchev–Trinajstić information content (AvgIpc) is 2.33. The van der Waals surface area contributed by atoms with Crippen LogP contribution in [0.4, 0.5) is 0 Å². The smallest absolute Gasteiger partial charge is 0.188 e. The van der Waals surface area contributed by atoms with Gasteiger partial charge in [-0.3, -0.25) is 4.79 Å². The molecule has 0 fully saturated rings. The predicted octanol–water partition coefficient (Wildman–Crippen LogP) is 3.98. The summed E-state index contributed by atoms with van der Waals surface area (Å²) >= 11 is 5.98. The first-order valence-electron chi connectivity index (χ1n) is 6.28. The number of hydrogen-bond acceptors (Lipinski definition) is 3. The van der Waals surface area contributed by atoms with Crippen molar-refractivity contribution in [2.24, 2.45) is 5.41 Å². The highest BCUT2D eigenvalue weighted by molar-refractivity contribution is 6.32. The molecule has 0 bridgehead atoms. The number of Topliss-reactive ketones (excluding diaryl/α,β-unsaturated/α-hetero) is 1. The molecule has 0 N–H and O–H groups in total. The maximum atomic E-state index is 11.9. The number of carbonyl (C=O) groups is 1. The Morgan fingerprint density at radius 3 is 2.53 bits per heavy atom. The fourth-order valence-electron chi connectivity index (χ4n) is 1.47. The molecule has 1 aromatic carbocycles. The molecule has 3 nitrogen and oxygen atoms in total. The summed E-state index contributed by atoms with van der Waals surface area (Å²) in [6, 6.07) is 4.99. The Morgan fingerprint density at radius 2 is 2.00 bits per heavy atom. The summed E-state index contributed by atoms with van der Waals surface area (Å²) < 4.78 is 10.4. The van der Waals surface area contributed by atoms with Crippen LogP contribution < -0.4 is 4.74 Å². The molecule has 1 aromatic rings. The minimum atomic E-state index is -0.0709. The molecule has 0 atom stereocenters. The molecule has 0 saturated carbocycles. The van der Waals surface area contributed by atoms with E-state index >= 15 is 0 Å². The second-order valence-corrected chi connectivity index (χ2v) is 6.04. The number of halogens is 1. The molecule has 106 valence electrons. The van der Waals surface area contributed by atoms with E-state index in [0.717, 1.165) is 6.42 Å². The van der Waals surface area contributed by atoms with Crippen molar-refractivity contribution in [3.63, 3.8) is 0 Å². The van der Waals surface area contributed by atoms with Crippen molar-refractivity contribution in [3.05, 3.63) is 28.8 Å². The Bertz CT molecular complexity index is 436. The van der Waals surface area contributed by atoms with Crippen LogP contribution in [0.25, 0.3) is 0 Å². The normalized spacial score (nSPS) is 11.4. The van der Waals surface area contributed by atoms with Crippen molar-refractivity contribution in [1.29, 1.82) is 0 Å². The number of methoxy groups -OCH3 is 1. The lowest BCUT2D eigenvalue weighted by molar-refractivity contribution is 0.0705. The molecular formula is C15H21ClO3. The van der Waals surface area contributed by atoms with Crippen LogP contribution >= 0.6 is 11.6 Å². The minimum Gasteiger partial charge on any atom is -0.495 e. The van der Waals surface area contributed by atoms with Crippen LogP contribution in [-0.2, 0) is 4.74 Å². The molecule has 4 heteroatoms. The van der Waals surface area contributed by atoms with Crippen molar-refractivity contribution in [3.8, 4) is 5.75 Å². The Hall–Kier alpha value is -1.06. The predicted molar refractivity (Wildman–Crippen MR) is 77.2 cm³/mol. The topological polar surface area (TPSA) is 35.5 Å². The molecule has 0 aliphatic heterocycles. The van der Waals surface area contributed by atoms with Crippen LogP contribution in [0.5, 0.6) is 5.75 Å². The summed E-state index contributed by atoms with van der Waals surface area (Å²) in [5.74, 6) is 0.491. The van der Waals surface area contributed by atoms with E-state index in [4.69, 9.17) is 21.1 Å². The van der Waals surface area contributed by atoms with Gasteiger partial charge in [-0.1, -0.05) is 32.4 Å². The zero-order valence-electron chi connectivity index (χ0n) is 12.0. The third-order valence-corrected chi connectivity index (χ3v) is 3.00. The van der Waals surface area contributed by atoms with E-state index in [0.29, 0.717) is 22.9 Å². The second-order valence-electron chi connectivity index (χ2n) is 5.64. The number of benzene rings is 1. The lowest BCUT2D eigenvalue weighted by Gasteiger charge is -2.17. The van der Waals surface area contributed by atoms with Gasteiger partial charge in [-0.15, -0.1) is 0 Å². The number of ether oxygens (including phenoxy) is 2. The molecule has 0 aromatic heterocycles. The van der Waals surface area contributed by atoms with E-state index in [1.54, 1.807) is 18.2 Å². The van der Waals surface area contributed by atoms with Gasteiger partial charge in [-0.25, -0.2) is 0 Å². The van der Waals surface area contributed by atoms with Crippen molar-refractivity contribution < 1.29 is 14.3 Å². The Balaban J connectivity index is 2.48. The average molecular weight is 285 g/mol. The summed E-state index contributed by atoms with van der Waals surface area (Å²) in [7, 11) is 1.54. The fourth-order valence-corrected chi connectivity index (χ4v) is 1.72. The molecule has 0 aliphatic carbocycles. The molecule has 0 amide bonds. The van der Waals surface area contributed by atoms with Crippen LogP contribution in [0, 0.1) is 5.41 Å². The summed E-state index contributed by atoms with van der Waals surface area (Å²) in [5, 5.41) is 0.433. The molecule has 0 saturated heterocycles. The first-order valence-corrected chi connectivity index (χ1v) is 6.66. The number of carbonyl (C=O) groups excluding carboxylic acids is 1. The summed E-state index contributed by atoms with van der Waals surface area (Å²) in [6.45, 7) is 7.09. The molecule has 0 spiro atoms. The van der Waals surface area contributed by atoms with Crippen molar-refractivity contribution in [2.75, 3.05) is 20.3 Å². The molecule has 1 rings (SSSR count). The van der Waals surface area contributed by atoms with E-state index in [1.165, 1.54) is 7.11 Å². The van der Waals surface area contributed by atoms with E-state index in [9.17, 15) is 4.79 Å². The maximum Gasteiger partial charge on any atom is 0.188 e. The minimum absolute atomic E-state index is 0.0709. The van der Waals surface area contributed by atoms with E-state index < -0.39 is 0 Å². The van der Waals surface area contributed by atoms with Crippen LogP contribution in [0.15, 0.2) is 18.2 Å². The van der Waals surface area contributed by atoms with Gasteiger partial charge in [-0.05, 0) is 30.0 Å². The van der Waals surface area contributed by atoms with Gasteiger partial charge in [-0.2, -0.15) is 0 Å². The highest BCUT2D eigenvalue weighted by Gasteiger charge is 2.12. The van der Waals surface area contributed by atoms with Gasteiger partial charge >= 0.3 is 0 Å². The molecule has 19 heavy (non-hydrogen) atoms. The maximum absolute atomic E-state index is 11.9. The highest BCUT2D eigenvalue weighted by Crippen LogP contribution is 2.25. The molecule has 0 aliphatic rings. The van der Waals surface area contributed by atoms with Crippen LogP contribution in [0.1, 0.15) is 37.6 Å². The highest BCUT2D eigenvalue weighted by atomic mass is 35.5. The van der Waals surface area contributed by atoms with Crippen LogP contribution in [0.3, 0.4) is 0 Å². The van der Waals surface area contributed by atoms with E-state index in [2.05, 4.69) is 20.8 Å². The number of ketones is 1. The Morgan fingerprint density at radius 1 is 1.32 bits per heavy atom. The van der Waals surface area contributed by atoms with Gasteiger partial charge in [0, 0.05) is 12.2 Å². The quantitative estimate of drug-likeness (QED) is 0.585. The molecular weight excluding hydrogens is 264 g/mol. The molecule has 0 radical (unpaired) electrons. The van der Waals surface area contributed by atoms with Gasteiger partial charge in [0.2, 0.25) is 0 Å². The number of rotatable bonds is 6. The molecule has 0 heterocycles. The summed E-state index contributed by atoms with van der Waals surface area (Å²) in [4.78, 5) is 11.9. The third-order valence-electron chi connectivity index (χ3n) is 2.70. The summed E-state index contributed by atoms with van der Waals surface area (Å²) in [5.41, 5.74) is 0.758. The number of hydrogen-bond donors (Lipinski definition) is 0. The van der Waals surface area contributed by atoms with Crippen molar-refractivity contribution >= 4 is 17.4 Å². The Labute approximate surface area is 119 Å². The standard InChI is InChI=1S/C15H21ClO3/c1-15(2,3)7-8-19-10-13(17)11-5-6-14(18-4)12(16)9-11/h5-6,9H,7-8,10H2,1-4H3. The first kappa shape index (κ1) is 16.0. The van der Waals surface area contributed by atoms with Crippen molar-refractivity contribution in [2.45, 2.75) is 27.2 Å². The SMILES string of the molecule is COc1ccc(C(=O)COCCC(C)(C)C)cc1Cl. The van der Waals surface area contributed by atoms with E-state index in [-0.39, 0.29) is 17.8 Å². The zero-order valence-corrected chi connectivity index (χ0v) is 12.7. The first-order chi connectivity index (χ1) is 8.83. The van der Waals surface area contributed by atoms with Gasteiger partial charge in [0.05, 0.1) is 12.1 Å². The third kappa shape index (κ3) is 5.62. The zero-order chi connectivity index (χ0) is 14.5. The van der Waals surface area contributed by atoms with Crippen molar-refractivity contribution in [1.82, 2.24) is 0 Å². The largest absolute Gasteiger partial charge is 0.495 e. The van der Waals surface area contributed by atoms with Gasteiger partial charge in [0.15, 0.2) is 5.78 Å². The van der Waals surface area contributed by atoms with E-state index in [1.807, 2.05) is 0 Å². The fraction of sp³-hybridized carbons (Fsp3) is 0.533. The van der Waals surface area contributed by atoms with Crippen LogP contribution in [-0.4, -0.2) is 26.1 Å². The van der Waals surface area contributed by atoms with Crippen LogP contribution in [0.2, 0.25) is 5.02 Å². The lowest BCUT2D eigenvalue weighted by atomic mass is 9.93. The monoisotopic (exact) mass is 284 g/mol. The van der Waals surface area contributed by atoms with Gasteiger partial charge in [0.1, 0.15) is 12.4 Å². The van der Waals surface area contributed by atoms with Gasteiger partial charge < -0.3 is 9.47 Å². The lowest BCUT2D eigenvalue weighted by Crippen LogP contribution is -2.14. The molecule has 0 unspecified atom stereocenters. The van der Waals surface area contributed by atoms with Gasteiger partial charge in [0.25, 0.3) is 0 Å². The summed E-state index contributed by atoms with van der Waals surface area (Å²) in [6.07, 6.45) is 0.920. The Kier molecular flexibility index (Phi) is 5.83.